The maximum Gasteiger partial charge on any atom is 0.255 e. The van der Waals surface area contributed by atoms with Gasteiger partial charge in [-0.3, -0.25) is 9.79 Å². The second-order valence-corrected chi connectivity index (χ2v) is 7.18. The summed E-state index contributed by atoms with van der Waals surface area (Å²) in [6.07, 6.45) is 3.73. The Balaban J connectivity index is 1.79. The molecular formula is C22H28N4O2. The number of amides is 1. The van der Waals surface area contributed by atoms with E-state index in [1.165, 1.54) is 0 Å². The largest absolute Gasteiger partial charge is 0.496 e. The second-order valence-electron chi connectivity index (χ2n) is 7.18. The fourth-order valence-corrected chi connectivity index (χ4v) is 3.96. The van der Waals surface area contributed by atoms with E-state index >= 15 is 0 Å². The van der Waals surface area contributed by atoms with Crippen molar-refractivity contribution in [3.05, 3.63) is 65.7 Å². The molecule has 1 saturated carbocycles. The van der Waals surface area contributed by atoms with Crippen LogP contribution in [0.5, 0.6) is 5.75 Å². The van der Waals surface area contributed by atoms with Gasteiger partial charge >= 0.3 is 0 Å². The lowest BCUT2D eigenvalue weighted by Crippen LogP contribution is -2.36. The van der Waals surface area contributed by atoms with Gasteiger partial charge in [-0.15, -0.1) is 0 Å². The van der Waals surface area contributed by atoms with Gasteiger partial charge in [0.15, 0.2) is 5.96 Å². The molecule has 1 fully saturated rings. The Kier molecular flexibility index (Phi) is 6.53. The van der Waals surface area contributed by atoms with Gasteiger partial charge in [0.2, 0.25) is 0 Å². The summed E-state index contributed by atoms with van der Waals surface area (Å²) in [5.41, 5.74) is 12.7. The second kappa shape index (κ2) is 9.26. The number of para-hydroxylation sites is 1. The predicted octanol–water partition coefficient (Wildman–Crippen LogP) is 3.00. The average Bonchev–Trinajstić information content (AvgIpc) is 2.72. The van der Waals surface area contributed by atoms with E-state index < -0.39 is 0 Å². The number of carbonyl (C=O) groups excluding carboxylic acids is 1. The van der Waals surface area contributed by atoms with Gasteiger partial charge in [-0.25, -0.2) is 0 Å². The molecule has 1 unspecified atom stereocenters. The zero-order valence-electron chi connectivity index (χ0n) is 16.2. The summed E-state index contributed by atoms with van der Waals surface area (Å²) in [4.78, 5) is 17.3. The van der Waals surface area contributed by atoms with Crippen molar-refractivity contribution in [3.63, 3.8) is 0 Å². The average molecular weight is 380 g/mol. The molecule has 1 atom stereocenters. The van der Waals surface area contributed by atoms with Crippen molar-refractivity contribution >= 4 is 11.9 Å². The molecule has 0 aliphatic heterocycles. The number of nitrogens with one attached hydrogen (secondary N) is 1. The topological polar surface area (TPSA) is 103 Å². The molecule has 148 valence electrons. The summed E-state index contributed by atoms with van der Waals surface area (Å²) in [6, 6.07) is 17.5. The number of carbonyl (C=O) groups is 1. The van der Waals surface area contributed by atoms with E-state index in [2.05, 4.69) is 22.4 Å². The Labute approximate surface area is 166 Å². The van der Waals surface area contributed by atoms with Gasteiger partial charge in [-0.1, -0.05) is 42.5 Å². The number of benzene rings is 2. The summed E-state index contributed by atoms with van der Waals surface area (Å²) in [5.74, 6) is 0.917. The van der Waals surface area contributed by atoms with E-state index in [0.717, 1.165) is 31.2 Å². The molecule has 3 rings (SSSR count). The molecule has 5 N–H and O–H groups in total. The lowest BCUT2D eigenvalue weighted by Gasteiger charge is -2.33. The number of aliphatic imine (C=N–C) groups is 1. The van der Waals surface area contributed by atoms with Gasteiger partial charge in [0, 0.05) is 0 Å². The van der Waals surface area contributed by atoms with Crippen LogP contribution in [0, 0.1) is 5.92 Å². The fraction of sp³-hybridized carbons (Fsp3) is 0.364. The molecule has 0 heterocycles. The van der Waals surface area contributed by atoms with Gasteiger partial charge in [0.25, 0.3) is 5.91 Å². The predicted molar refractivity (Wildman–Crippen MR) is 111 cm³/mol. The number of rotatable bonds is 6. The third kappa shape index (κ3) is 4.82. The van der Waals surface area contributed by atoms with Crippen LogP contribution < -0.4 is 21.5 Å². The molecular weight excluding hydrogens is 352 g/mol. The number of nitrogens with two attached hydrogens (primary N) is 2. The van der Waals surface area contributed by atoms with Crippen molar-refractivity contribution in [1.82, 2.24) is 5.32 Å². The molecule has 0 radical (unpaired) electrons. The van der Waals surface area contributed by atoms with Crippen LogP contribution in [0.4, 0.5) is 0 Å². The van der Waals surface area contributed by atoms with Crippen LogP contribution in [0.3, 0.4) is 0 Å². The van der Waals surface area contributed by atoms with E-state index in [0.29, 0.717) is 17.2 Å². The molecule has 1 aliphatic carbocycles. The highest BCUT2D eigenvalue weighted by molar-refractivity contribution is 5.97. The first-order valence-electron chi connectivity index (χ1n) is 9.66. The minimum absolute atomic E-state index is 0.0706. The molecule has 0 saturated heterocycles. The van der Waals surface area contributed by atoms with E-state index in [9.17, 15) is 4.79 Å². The van der Waals surface area contributed by atoms with Crippen molar-refractivity contribution in [2.45, 2.75) is 37.8 Å². The molecule has 2 aromatic rings. The number of hydrogen-bond donors (Lipinski definition) is 3. The van der Waals surface area contributed by atoms with Crippen LogP contribution in [0.1, 0.15) is 47.6 Å². The Morgan fingerprint density at radius 3 is 2.32 bits per heavy atom. The third-order valence-electron chi connectivity index (χ3n) is 5.34. The smallest absolute Gasteiger partial charge is 0.255 e. The van der Waals surface area contributed by atoms with Gasteiger partial charge in [0.1, 0.15) is 5.75 Å². The molecule has 28 heavy (non-hydrogen) atoms. The van der Waals surface area contributed by atoms with E-state index in [1.807, 2.05) is 30.3 Å². The minimum Gasteiger partial charge on any atom is -0.496 e. The Morgan fingerprint density at radius 1 is 1.04 bits per heavy atom. The third-order valence-corrected chi connectivity index (χ3v) is 5.34. The van der Waals surface area contributed by atoms with Crippen molar-refractivity contribution in [1.29, 1.82) is 0 Å². The highest BCUT2D eigenvalue weighted by atomic mass is 16.5. The highest BCUT2D eigenvalue weighted by Gasteiger charge is 2.30. The van der Waals surface area contributed by atoms with Crippen LogP contribution in [0.2, 0.25) is 0 Å². The number of nitrogens with zero attached hydrogens (tertiary/aromatic N) is 1. The number of guanidine groups is 1. The molecule has 6 heteroatoms. The fourth-order valence-electron chi connectivity index (χ4n) is 3.96. The van der Waals surface area contributed by atoms with Crippen molar-refractivity contribution < 1.29 is 9.53 Å². The Bertz CT molecular complexity index is 810. The van der Waals surface area contributed by atoms with Crippen LogP contribution >= 0.6 is 0 Å². The van der Waals surface area contributed by atoms with E-state index in [-0.39, 0.29) is 24.0 Å². The standard InChI is InChI=1S/C22H28N4O2/c1-28-19-10-6-5-9-18(19)21(27)26-20(15-7-3-2-4-8-15)16-11-13-17(14-12-16)25-22(23)24/h2-10,16-17,20H,11-14H2,1H3,(H,26,27)(H4,23,24,25). The normalized spacial score (nSPS) is 20.0. The Morgan fingerprint density at radius 2 is 1.68 bits per heavy atom. The van der Waals surface area contributed by atoms with Crippen LogP contribution in [-0.2, 0) is 0 Å². The lowest BCUT2D eigenvalue weighted by atomic mass is 9.79. The molecule has 1 amide bonds. The zero-order valence-corrected chi connectivity index (χ0v) is 16.2. The van der Waals surface area contributed by atoms with E-state index in [4.69, 9.17) is 16.2 Å². The van der Waals surface area contributed by atoms with Crippen LogP contribution in [0.25, 0.3) is 0 Å². The molecule has 1 aliphatic rings. The van der Waals surface area contributed by atoms with Crippen molar-refractivity contribution in [2.24, 2.45) is 22.4 Å². The van der Waals surface area contributed by atoms with Gasteiger partial charge in [-0.2, -0.15) is 0 Å². The molecule has 0 aromatic heterocycles. The maximum absolute atomic E-state index is 13.0. The summed E-state index contributed by atoms with van der Waals surface area (Å²) in [7, 11) is 1.58. The summed E-state index contributed by atoms with van der Waals surface area (Å²) >= 11 is 0. The zero-order chi connectivity index (χ0) is 19.9. The van der Waals surface area contributed by atoms with Crippen LogP contribution in [-0.4, -0.2) is 25.0 Å². The first-order valence-corrected chi connectivity index (χ1v) is 9.66. The Hall–Kier alpha value is -3.02. The highest BCUT2D eigenvalue weighted by Crippen LogP contribution is 2.36. The summed E-state index contributed by atoms with van der Waals surface area (Å²) < 4.78 is 5.35. The minimum atomic E-state index is -0.127. The van der Waals surface area contributed by atoms with E-state index in [1.54, 1.807) is 19.2 Å². The molecule has 0 spiro atoms. The molecule has 2 aromatic carbocycles. The molecule has 0 bridgehead atoms. The maximum atomic E-state index is 13.0. The monoisotopic (exact) mass is 380 g/mol. The quantitative estimate of drug-likeness (QED) is 0.529. The first-order chi connectivity index (χ1) is 13.6. The number of methoxy groups -OCH3 is 1. The summed E-state index contributed by atoms with van der Waals surface area (Å²) in [5, 5.41) is 3.25. The summed E-state index contributed by atoms with van der Waals surface area (Å²) in [6.45, 7) is 0. The number of ether oxygens (including phenoxy) is 1. The lowest BCUT2D eigenvalue weighted by molar-refractivity contribution is 0.0908. The first kappa shape index (κ1) is 19.7. The van der Waals surface area contributed by atoms with Gasteiger partial charge < -0.3 is 21.5 Å². The van der Waals surface area contributed by atoms with Crippen molar-refractivity contribution in [2.75, 3.05) is 7.11 Å². The van der Waals surface area contributed by atoms with Crippen molar-refractivity contribution in [3.8, 4) is 5.75 Å². The van der Waals surface area contributed by atoms with Gasteiger partial charge in [-0.05, 0) is 49.3 Å². The SMILES string of the molecule is COc1ccccc1C(=O)NC(c1ccccc1)C1CCC(N=C(N)N)CC1. The van der Waals surface area contributed by atoms with Crippen LogP contribution in [0.15, 0.2) is 59.6 Å². The number of hydrogen-bond acceptors (Lipinski definition) is 3. The van der Waals surface area contributed by atoms with Gasteiger partial charge in [0.05, 0.1) is 24.8 Å². The molecule has 6 nitrogen and oxygen atoms in total.